The number of halogens is 2. The lowest BCUT2D eigenvalue weighted by atomic mass is 10.1. The van der Waals surface area contributed by atoms with E-state index in [0.29, 0.717) is 12.0 Å². The molecule has 1 aromatic rings. The van der Waals surface area contributed by atoms with Crippen molar-refractivity contribution in [1.29, 1.82) is 0 Å². The molecule has 0 amide bonds. The van der Waals surface area contributed by atoms with E-state index < -0.39 is 0 Å². The summed E-state index contributed by atoms with van der Waals surface area (Å²) in [5.74, 6) is 0.622. The molecule has 0 aliphatic heterocycles. The van der Waals surface area contributed by atoms with Crippen LogP contribution in [0.4, 0.5) is 5.69 Å². The zero-order chi connectivity index (χ0) is 13.0. The fourth-order valence-corrected chi connectivity index (χ4v) is 2.70. The molecule has 1 nitrogen and oxygen atoms in total. The summed E-state index contributed by atoms with van der Waals surface area (Å²) in [5, 5.41) is 1.68. The molecule has 1 rings (SSSR count). The third kappa shape index (κ3) is 3.89. The summed E-state index contributed by atoms with van der Waals surface area (Å²) in [4.78, 5) is 2.39. The van der Waals surface area contributed by atoms with E-state index in [0.717, 1.165) is 16.9 Å². The first-order valence-corrected chi connectivity index (χ1v) is 7.57. The van der Waals surface area contributed by atoms with Gasteiger partial charge >= 0.3 is 0 Å². The SMILES string of the molecule is CC(C)CN(c1c(Cl)cccc1CBr)C(C)C. The number of para-hydroxylation sites is 1. The second-order valence-corrected chi connectivity index (χ2v) is 5.99. The number of benzene rings is 1. The molecule has 0 bridgehead atoms. The second kappa shape index (κ2) is 6.65. The molecule has 0 heterocycles. The zero-order valence-electron chi connectivity index (χ0n) is 11.0. The number of rotatable bonds is 5. The van der Waals surface area contributed by atoms with E-state index in [4.69, 9.17) is 11.6 Å². The van der Waals surface area contributed by atoms with E-state index in [9.17, 15) is 0 Å². The van der Waals surface area contributed by atoms with E-state index in [1.165, 1.54) is 11.3 Å². The predicted molar refractivity (Wildman–Crippen MR) is 81.4 cm³/mol. The van der Waals surface area contributed by atoms with Crippen LogP contribution >= 0.6 is 27.5 Å². The Hall–Kier alpha value is -0.210. The van der Waals surface area contributed by atoms with Gasteiger partial charge in [-0.2, -0.15) is 0 Å². The average Bonchev–Trinajstić information content (AvgIpc) is 2.25. The minimum Gasteiger partial charge on any atom is -0.367 e. The third-order valence-electron chi connectivity index (χ3n) is 2.69. The van der Waals surface area contributed by atoms with Crippen LogP contribution in [0.25, 0.3) is 0 Å². The molecule has 0 unspecified atom stereocenters. The van der Waals surface area contributed by atoms with Crippen LogP contribution in [0.5, 0.6) is 0 Å². The van der Waals surface area contributed by atoms with Crippen molar-refractivity contribution in [1.82, 2.24) is 0 Å². The van der Waals surface area contributed by atoms with Crippen molar-refractivity contribution in [3.05, 3.63) is 28.8 Å². The Balaban J connectivity index is 3.17. The fourth-order valence-electron chi connectivity index (χ4n) is 1.94. The number of hydrogen-bond acceptors (Lipinski definition) is 1. The van der Waals surface area contributed by atoms with Crippen LogP contribution in [-0.4, -0.2) is 12.6 Å². The molecule has 0 atom stereocenters. The quantitative estimate of drug-likeness (QED) is 0.682. The Labute approximate surface area is 118 Å². The number of anilines is 1. The fraction of sp³-hybridized carbons (Fsp3) is 0.571. The van der Waals surface area contributed by atoms with Crippen molar-refractivity contribution in [3.8, 4) is 0 Å². The molecule has 1 aromatic carbocycles. The lowest BCUT2D eigenvalue weighted by Crippen LogP contribution is -2.35. The van der Waals surface area contributed by atoms with Gasteiger partial charge in [0, 0.05) is 17.9 Å². The molecule has 0 N–H and O–H groups in total. The maximum Gasteiger partial charge on any atom is 0.0642 e. The van der Waals surface area contributed by atoms with Gasteiger partial charge in [-0.25, -0.2) is 0 Å². The lowest BCUT2D eigenvalue weighted by Gasteiger charge is -2.33. The summed E-state index contributed by atoms with van der Waals surface area (Å²) in [6.07, 6.45) is 0. The van der Waals surface area contributed by atoms with E-state index in [1.807, 2.05) is 12.1 Å². The summed E-state index contributed by atoms with van der Waals surface area (Å²) in [5.41, 5.74) is 2.43. The van der Waals surface area contributed by atoms with Crippen LogP contribution in [0, 0.1) is 5.92 Å². The van der Waals surface area contributed by atoms with Crippen LogP contribution in [-0.2, 0) is 5.33 Å². The van der Waals surface area contributed by atoms with E-state index in [1.54, 1.807) is 0 Å². The highest BCUT2D eigenvalue weighted by Crippen LogP contribution is 2.33. The molecule has 0 aliphatic rings. The first-order chi connectivity index (χ1) is 7.97. The summed E-state index contributed by atoms with van der Waals surface area (Å²) >= 11 is 9.91. The Kier molecular flexibility index (Phi) is 5.81. The number of nitrogens with zero attached hydrogens (tertiary/aromatic N) is 1. The normalized spacial score (nSPS) is 11.3. The molecule has 0 aliphatic carbocycles. The van der Waals surface area contributed by atoms with Gasteiger partial charge in [0.05, 0.1) is 10.7 Å². The van der Waals surface area contributed by atoms with Crippen molar-refractivity contribution in [3.63, 3.8) is 0 Å². The van der Waals surface area contributed by atoms with E-state index in [2.05, 4.69) is 54.6 Å². The molecule has 0 fully saturated rings. The van der Waals surface area contributed by atoms with Gasteiger partial charge in [0.1, 0.15) is 0 Å². The highest BCUT2D eigenvalue weighted by Gasteiger charge is 2.18. The lowest BCUT2D eigenvalue weighted by molar-refractivity contribution is 0.570. The highest BCUT2D eigenvalue weighted by atomic mass is 79.9. The largest absolute Gasteiger partial charge is 0.367 e. The Bertz CT molecular complexity index is 363. The zero-order valence-corrected chi connectivity index (χ0v) is 13.3. The number of hydrogen-bond donors (Lipinski definition) is 0. The van der Waals surface area contributed by atoms with Crippen molar-refractivity contribution in [2.24, 2.45) is 5.92 Å². The maximum atomic E-state index is 6.37. The standard InChI is InChI=1S/C14H21BrClN/c1-10(2)9-17(11(3)4)14-12(8-15)6-5-7-13(14)16/h5-7,10-11H,8-9H2,1-4H3. The highest BCUT2D eigenvalue weighted by molar-refractivity contribution is 9.08. The van der Waals surface area contributed by atoms with E-state index in [-0.39, 0.29) is 0 Å². The van der Waals surface area contributed by atoms with Crippen molar-refractivity contribution < 1.29 is 0 Å². The summed E-state index contributed by atoms with van der Waals surface area (Å²) in [7, 11) is 0. The third-order valence-corrected chi connectivity index (χ3v) is 3.60. The molecule has 17 heavy (non-hydrogen) atoms. The van der Waals surface area contributed by atoms with Gasteiger partial charge in [0.25, 0.3) is 0 Å². The average molecular weight is 319 g/mol. The molecule has 0 saturated heterocycles. The Morgan fingerprint density at radius 3 is 2.35 bits per heavy atom. The maximum absolute atomic E-state index is 6.37. The summed E-state index contributed by atoms with van der Waals surface area (Å²) in [6, 6.07) is 6.57. The van der Waals surface area contributed by atoms with Crippen LogP contribution < -0.4 is 4.90 Å². The van der Waals surface area contributed by atoms with Crippen molar-refractivity contribution >= 4 is 33.2 Å². The van der Waals surface area contributed by atoms with Crippen LogP contribution in [0.2, 0.25) is 5.02 Å². The minimum absolute atomic E-state index is 0.454. The van der Waals surface area contributed by atoms with Crippen LogP contribution in [0.15, 0.2) is 18.2 Å². The minimum atomic E-state index is 0.454. The van der Waals surface area contributed by atoms with Gasteiger partial charge < -0.3 is 4.90 Å². The van der Waals surface area contributed by atoms with Gasteiger partial charge in [-0.15, -0.1) is 0 Å². The van der Waals surface area contributed by atoms with Crippen molar-refractivity contribution in [2.45, 2.75) is 39.1 Å². The molecule has 0 aromatic heterocycles. The van der Waals surface area contributed by atoms with Gasteiger partial charge in [-0.1, -0.05) is 53.5 Å². The van der Waals surface area contributed by atoms with Crippen LogP contribution in [0.3, 0.4) is 0 Å². The first kappa shape index (κ1) is 14.8. The summed E-state index contributed by atoms with van der Waals surface area (Å²) in [6.45, 7) is 9.93. The molecule has 3 heteroatoms. The van der Waals surface area contributed by atoms with Crippen LogP contribution in [0.1, 0.15) is 33.3 Å². The summed E-state index contributed by atoms with van der Waals surface area (Å²) < 4.78 is 0. The molecule has 0 spiro atoms. The Morgan fingerprint density at radius 1 is 1.24 bits per heavy atom. The second-order valence-electron chi connectivity index (χ2n) is 5.02. The van der Waals surface area contributed by atoms with Gasteiger partial charge in [0.15, 0.2) is 0 Å². The van der Waals surface area contributed by atoms with E-state index >= 15 is 0 Å². The topological polar surface area (TPSA) is 3.24 Å². The van der Waals surface area contributed by atoms with Gasteiger partial charge in [0.2, 0.25) is 0 Å². The molecule has 96 valence electrons. The predicted octanol–water partition coefficient (Wildman–Crippen LogP) is 5.11. The number of alkyl halides is 1. The van der Waals surface area contributed by atoms with Gasteiger partial charge in [-0.05, 0) is 31.4 Å². The molecular weight excluding hydrogens is 298 g/mol. The Morgan fingerprint density at radius 2 is 1.88 bits per heavy atom. The molecular formula is C14H21BrClN. The first-order valence-electron chi connectivity index (χ1n) is 6.07. The van der Waals surface area contributed by atoms with Crippen molar-refractivity contribution in [2.75, 3.05) is 11.4 Å². The van der Waals surface area contributed by atoms with Gasteiger partial charge in [-0.3, -0.25) is 0 Å². The molecule has 0 saturated carbocycles. The smallest absolute Gasteiger partial charge is 0.0642 e. The molecule has 0 radical (unpaired) electrons. The monoisotopic (exact) mass is 317 g/mol.